The van der Waals surface area contributed by atoms with Crippen molar-refractivity contribution in [3.63, 3.8) is 0 Å². The van der Waals surface area contributed by atoms with Gasteiger partial charge in [-0.2, -0.15) is 11.3 Å². The summed E-state index contributed by atoms with van der Waals surface area (Å²) in [4.78, 5) is 25.2. The number of carboxylic acids is 1. The van der Waals surface area contributed by atoms with Crippen LogP contribution in [0.1, 0.15) is 23.5 Å². The maximum Gasteiger partial charge on any atom is 0.304 e. The summed E-state index contributed by atoms with van der Waals surface area (Å²) in [5.41, 5.74) is 2.81. The zero-order valence-corrected chi connectivity index (χ0v) is 12.2. The van der Waals surface area contributed by atoms with Gasteiger partial charge in [0.1, 0.15) is 0 Å². The number of benzene rings is 1. The van der Waals surface area contributed by atoms with E-state index in [0.29, 0.717) is 13.0 Å². The molecule has 0 aliphatic carbocycles. The van der Waals surface area contributed by atoms with E-state index in [1.807, 2.05) is 41.1 Å². The van der Waals surface area contributed by atoms with Crippen molar-refractivity contribution in [1.29, 1.82) is 0 Å². The van der Waals surface area contributed by atoms with Gasteiger partial charge in [0.05, 0.1) is 12.8 Å². The lowest BCUT2D eigenvalue weighted by atomic mass is 9.98. The number of carbonyl (C=O) groups is 2. The zero-order chi connectivity index (χ0) is 14.8. The minimum Gasteiger partial charge on any atom is -0.481 e. The number of amides is 1. The standard InChI is InChI=1S/C16H15NO3S/c18-15(7-11-5-6-21-10-11)17-9-12(8-16(19)20)13-3-1-2-4-14(13)17/h1-6,10,12H,7-9H2,(H,19,20). The first kappa shape index (κ1) is 13.8. The Balaban J connectivity index is 1.83. The first-order valence-corrected chi connectivity index (χ1v) is 7.71. The molecule has 1 aliphatic heterocycles. The van der Waals surface area contributed by atoms with Gasteiger partial charge >= 0.3 is 5.97 Å². The van der Waals surface area contributed by atoms with E-state index in [4.69, 9.17) is 5.11 Å². The fourth-order valence-corrected chi connectivity index (χ4v) is 3.45. The van der Waals surface area contributed by atoms with E-state index in [2.05, 4.69) is 0 Å². The molecule has 1 aromatic heterocycles. The van der Waals surface area contributed by atoms with Crippen LogP contribution in [0.15, 0.2) is 41.1 Å². The largest absolute Gasteiger partial charge is 0.481 e. The number of anilines is 1. The Kier molecular flexibility index (Phi) is 3.75. The Labute approximate surface area is 126 Å². The fourth-order valence-electron chi connectivity index (χ4n) is 2.78. The number of rotatable bonds is 4. The molecule has 1 amide bonds. The summed E-state index contributed by atoms with van der Waals surface area (Å²) in [7, 11) is 0. The molecule has 0 radical (unpaired) electrons. The van der Waals surface area contributed by atoms with Crippen LogP contribution in [0.4, 0.5) is 5.69 Å². The third-order valence-corrected chi connectivity index (χ3v) is 4.46. The molecule has 1 atom stereocenters. The Bertz CT molecular complexity index is 666. The predicted octanol–water partition coefficient (Wildman–Crippen LogP) is 2.90. The zero-order valence-electron chi connectivity index (χ0n) is 11.4. The van der Waals surface area contributed by atoms with Crippen LogP contribution in [-0.4, -0.2) is 23.5 Å². The first-order chi connectivity index (χ1) is 10.1. The van der Waals surface area contributed by atoms with Crippen LogP contribution >= 0.6 is 11.3 Å². The second-order valence-electron chi connectivity index (χ2n) is 5.17. The van der Waals surface area contributed by atoms with Gasteiger partial charge in [0, 0.05) is 18.2 Å². The normalized spacial score (nSPS) is 16.8. The molecule has 108 valence electrons. The number of thiophene rings is 1. The fraction of sp³-hybridized carbons (Fsp3) is 0.250. The molecule has 0 spiro atoms. The smallest absolute Gasteiger partial charge is 0.304 e. The number of hydrogen-bond acceptors (Lipinski definition) is 3. The molecule has 1 unspecified atom stereocenters. The molecule has 0 fully saturated rings. The number of aliphatic carboxylic acids is 1. The van der Waals surface area contributed by atoms with E-state index >= 15 is 0 Å². The number of nitrogens with zero attached hydrogens (tertiary/aromatic N) is 1. The average molecular weight is 301 g/mol. The van der Waals surface area contributed by atoms with Crippen molar-refractivity contribution < 1.29 is 14.7 Å². The molecular weight excluding hydrogens is 286 g/mol. The summed E-state index contributed by atoms with van der Waals surface area (Å²) in [6.45, 7) is 0.453. The molecule has 1 aromatic carbocycles. The molecule has 1 aliphatic rings. The van der Waals surface area contributed by atoms with Crippen LogP contribution in [-0.2, 0) is 16.0 Å². The predicted molar refractivity (Wildman–Crippen MR) is 81.8 cm³/mol. The van der Waals surface area contributed by atoms with Gasteiger partial charge < -0.3 is 10.0 Å². The minimum atomic E-state index is -0.832. The first-order valence-electron chi connectivity index (χ1n) is 6.77. The molecule has 2 aromatic rings. The summed E-state index contributed by atoms with van der Waals surface area (Å²) < 4.78 is 0. The number of fused-ring (bicyclic) bond motifs is 1. The molecule has 0 saturated heterocycles. The molecule has 1 N–H and O–H groups in total. The van der Waals surface area contributed by atoms with E-state index < -0.39 is 5.97 Å². The van der Waals surface area contributed by atoms with Crippen LogP contribution in [0, 0.1) is 0 Å². The Morgan fingerprint density at radius 1 is 1.29 bits per heavy atom. The maximum absolute atomic E-state index is 12.5. The van der Waals surface area contributed by atoms with Crippen LogP contribution in [0.5, 0.6) is 0 Å². The third-order valence-electron chi connectivity index (χ3n) is 3.73. The van der Waals surface area contributed by atoms with E-state index in [1.54, 1.807) is 16.2 Å². The third kappa shape index (κ3) is 2.83. The lowest BCUT2D eigenvalue weighted by molar-refractivity contribution is -0.137. The van der Waals surface area contributed by atoms with Crippen LogP contribution < -0.4 is 4.90 Å². The highest BCUT2D eigenvalue weighted by Crippen LogP contribution is 2.38. The molecule has 5 heteroatoms. The summed E-state index contributed by atoms with van der Waals surface area (Å²) in [6.07, 6.45) is 0.414. The number of carbonyl (C=O) groups excluding carboxylic acids is 1. The topological polar surface area (TPSA) is 57.6 Å². The summed E-state index contributed by atoms with van der Waals surface area (Å²) >= 11 is 1.57. The molecule has 21 heavy (non-hydrogen) atoms. The van der Waals surface area contributed by atoms with Crippen LogP contribution in [0.3, 0.4) is 0 Å². The van der Waals surface area contributed by atoms with Crippen molar-refractivity contribution >= 4 is 28.9 Å². The summed E-state index contributed by atoms with van der Waals surface area (Å²) in [5.74, 6) is -0.930. The van der Waals surface area contributed by atoms with E-state index in [1.165, 1.54) is 0 Å². The molecule has 4 nitrogen and oxygen atoms in total. The molecule has 0 bridgehead atoms. The molecule has 0 saturated carbocycles. The lowest BCUT2D eigenvalue weighted by Crippen LogP contribution is -2.31. The molecular formula is C16H15NO3S. The highest BCUT2D eigenvalue weighted by atomic mass is 32.1. The van der Waals surface area contributed by atoms with Gasteiger partial charge in [0.2, 0.25) is 5.91 Å². The summed E-state index contributed by atoms with van der Waals surface area (Å²) in [5, 5.41) is 12.9. The van der Waals surface area contributed by atoms with Gasteiger partial charge in [0.25, 0.3) is 0 Å². The van der Waals surface area contributed by atoms with Crippen molar-refractivity contribution in [1.82, 2.24) is 0 Å². The number of para-hydroxylation sites is 1. The van der Waals surface area contributed by atoms with Gasteiger partial charge in [0.15, 0.2) is 0 Å². The van der Waals surface area contributed by atoms with Gasteiger partial charge in [-0.1, -0.05) is 18.2 Å². The van der Waals surface area contributed by atoms with Gasteiger partial charge in [-0.15, -0.1) is 0 Å². The second kappa shape index (κ2) is 5.69. The minimum absolute atomic E-state index is 0.0220. The van der Waals surface area contributed by atoms with Crippen molar-refractivity contribution in [3.8, 4) is 0 Å². The quantitative estimate of drug-likeness (QED) is 0.944. The monoisotopic (exact) mass is 301 g/mol. The maximum atomic E-state index is 12.5. The van der Waals surface area contributed by atoms with E-state index in [-0.39, 0.29) is 18.2 Å². The highest BCUT2D eigenvalue weighted by Gasteiger charge is 2.33. The molecule has 3 rings (SSSR count). The molecule has 2 heterocycles. The van der Waals surface area contributed by atoms with E-state index in [9.17, 15) is 9.59 Å². The Morgan fingerprint density at radius 2 is 2.10 bits per heavy atom. The van der Waals surface area contributed by atoms with Crippen molar-refractivity contribution in [2.75, 3.05) is 11.4 Å². The van der Waals surface area contributed by atoms with Crippen molar-refractivity contribution in [2.24, 2.45) is 0 Å². The highest BCUT2D eigenvalue weighted by molar-refractivity contribution is 7.08. The van der Waals surface area contributed by atoms with Crippen LogP contribution in [0.2, 0.25) is 0 Å². The van der Waals surface area contributed by atoms with Gasteiger partial charge in [-0.3, -0.25) is 9.59 Å². The van der Waals surface area contributed by atoms with Gasteiger partial charge in [-0.25, -0.2) is 0 Å². The van der Waals surface area contributed by atoms with Gasteiger partial charge in [-0.05, 0) is 34.0 Å². The lowest BCUT2D eigenvalue weighted by Gasteiger charge is -2.17. The second-order valence-corrected chi connectivity index (χ2v) is 5.95. The van der Waals surface area contributed by atoms with Crippen molar-refractivity contribution in [3.05, 3.63) is 52.2 Å². The Hall–Kier alpha value is -2.14. The SMILES string of the molecule is O=C(O)CC1CN(C(=O)Cc2ccsc2)c2ccccc21. The average Bonchev–Trinajstić information content (AvgIpc) is 3.07. The summed E-state index contributed by atoms with van der Waals surface area (Å²) in [6, 6.07) is 9.52. The van der Waals surface area contributed by atoms with E-state index in [0.717, 1.165) is 16.8 Å². The van der Waals surface area contributed by atoms with Crippen molar-refractivity contribution in [2.45, 2.75) is 18.8 Å². The number of hydrogen-bond donors (Lipinski definition) is 1. The number of carboxylic acid groups (broad SMARTS) is 1. The Morgan fingerprint density at radius 3 is 2.81 bits per heavy atom. The van der Waals surface area contributed by atoms with Crippen LogP contribution in [0.25, 0.3) is 0 Å².